The fourth-order valence-electron chi connectivity index (χ4n) is 3.31. The van der Waals surface area contributed by atoms with Gasteiger partial charge in [0, 0.05) is 43.5 Å². The molecule has 7 nitrogen and oxygen atoms in total. The highest BCUT2D eigenvalue weighted by molar-refractivity contribution is 5.55. The van der Waals surface area contributed by atoms with Crippen LogP contribution in [0.5, 0.6) is 0 Å². The molecule has 2 aromatic heterocycles. The second-order valence-corrected chi connectivity index (χ2v) is 7.03. The summed E-state index contributed by atoms with van der Waals surface area (Å²) in [5.74, 6) is 1.69. The van der Waals surface area contributed by atoms with Crippen LogP contribution >= 0.6 is 0 Å². The molecule has 0 saturated carbocycles. The molecule has 0 aliphatic carbocycles. The molecule has 0 amide bonds. The van der Waals surface area contributed by atoms with Gasteiger partial charge in [-0.25, -0.2) is 4.39 Å². The molecule has 0 bridgehead atoms. The van der Waals surface area contributed by atoms with E-state index in [1.165, 1.54) is 6.07 Å². The highest BCUT2D eigenvalue weighted by atomic mass is 19.1. The lowest BCUT2D eigenvalue weighted by molar-refractivity contribution is 0.164. The molecule has 142 valence electrons. The van der Waals surface area contributed by atoms with Gasteiger partial charge in [-0.15, -0.1) is 0 Å². The fourth-order valence-corrected chi connectivity index (χ4v) is 3.31. The van der Waals surface area contributed by atoms with E-state index in [9.17, 15) is 4.39 Å². The van der Waals surface area contributed by atoms with Crippen LogP contribution in [0, 0.1) is 19.7 Å². The van der Waals surface area contributed by atoms with E-state index in [4.69, 9.17) is 4.52 Å². The van der Waals surface area contributed by atoms with Crippen molar-refractivity contribution in [2.24, 2.45) is 0 Å². The minimum Gasteiger partial charge on any atom is -0.353 e. The Morgan fingerprint density at radius 3 is 2.59 bits per heavy atom. The largest absolute Gasteiger partial charge is 0.353 e. The molecule has 3 heterocycles. The van der Waals surface area contributed by atoms with Gasteiger partial charge in [0.25, 0.3) is 0 Å². The minimum absolute atomic E-state index is 0.00427. The molecule has 0 radical (unpaired) electrons. The van der Waals surface area contributed by atoms with Crippen molar-refractivity contribution >= 4 is 5.82 Å². The molecule has 3 aromatic rings. The SMILES string of the molecule is Cc1cc(N2CCN(C(C)c3nc(-c4ccc(C)c(F)c4)no3)CC2)n[nH]1. The smallest absolute Gasteiger partial charge is 0.244 e. The van der Waals surface area contributed by atoms with E-state index in [0.29, 0.717) is 22.8 Å². The molecule has 1 fully saturated rings. The predicted molar refractivity (Wildman–Crippen MR) is 100.0 cm³/mol. The number of anilines is 1. The van der Waals surface area contributed by atoms with E-state index < -0.39 is 0 Å². The molecule has 27 heavy (non-hydrogen) atoms. The van der Waals surface area contributed by atoms with Crippen LogP contribution in [0.1, 0.15) is 30.1 Å². The van der Waals surface area contributed by atoms with Gasteiger partial charge in [0.05, 0.1) is 6.04 Å². The molecule has 1 unspecified atom stereocenters. The highest BCUT2D eigenvalue weighted by Crippen LogP contribution is 2.25. The van der Waals surface area contributed by atoms with Gasteiger partial charge in [-0.2, -0.15) is 10.1 Å². The van der Waals surface area contributed by atoms with Gasteiger partial charge in [0.1, 0.15) is 5.82 Å². The lowest BCUT2D eigenvalue weighted by Crippen LogP contribution is -2.47. The number of halogens is 1. The van der Waals surface area contributed by atoms with Gasteiger partial charge in [0.15, 0.2) is 5.82 Å². The summed E-state index contributed by atoms with van der Waals surface area (Å²) in [6.45, 7) is 9.32. The first kappa shape index (κ1) is 17.7. The van der Waals surface area contributed by atoms with E-state index in [1.54, 1.807) is 13.0 Å². The molecule has 1 aliphatic rings. The number of nitrogens with zero attached hydrogens (tertiary/aromatic N) is 5. The first-order valence-electron chi connectivity index (χ1n) is 9.12. The quantitative estimate of drug-likeness (QED) is 0.761. The summed E-state index contributed by atoms with van der Waals surface area (Å²) in [5.41, 5.74) is 2.28. The lowest BCUT2D eigenvalue weighted by atomic mass is 10.1. The van der Waals surface area contributed by atoms with Crippen LogP contribution in [-0.2, 0) is 0 Å². The van der Waals surface area contributed by atoms with Gasteiger partial charge in [0.2, 0.25) is 11.7 Å². The van der Waals surface area contributed by atoms with Crippen LogP contribution < -0.4 is 4.90 Å². The van der Waals surface area contributed by atoms with Crippen molar-refractivity contribution in [3.8, 4) is 11.4 Å². The number of rotatable bonds is 4. The number of aromatic nitrogens is 4. The van der Waals surface area contributed by atoms with Crippen LogP contribution in [0.15, 0.2) is 28.8 Å². The molecule has 8 heteroatoms. The summed E-state index contributed by atoms with van der Waals surface area (Å²) >= 11 is 0. The Kier molecular flexibility index (Phi) is 4.65. The van der Waals surface area contributed by atoms with Crippen LogP contribution in [0.3, 0.4) is 0 Å². The average Bonchev–Trinajstić information content (AvgIpc) is 3.33. The minimum atomic E-state index is -0.267. The summed E-state index contributed by atoms with van der Waals surface area (Å²) in [7, 11) is 0. The molecule has 4 rings (SSSR count). The second kappa shape index (κ2) is 7.11. The van der Waals surface area contributed by atoms with Gasteiger partial charge in [-0.05, 0) is 32.4 Å². The third kappa shape index (κ3) is 3.57. The van der Waals surface area contributed by atoms with Gasteiger partial charge >= 0.3 is 0 Å². The van der Waals surface area contributed by atoms with Gasteiger partial charge in [-0.3, -0.25) is 10.00 Å². The number of aryl methyl sites for hydroxylation is 2. The van der Waals surface area contributed by atoms with Crippen LogP contribution in [0.4, 0.5) is 10.2 Å². The Balaban J connectivity index is 1.42. The Morgan fingerprint density at radius 1 is 1.15 bits per heavy atom. The third-order valence-electron chi connectivity index (χ3n) is 5.11. The van der Waals surface area contributed by atoms with Crippen molar-refractivity contribution < 1.29 is 8.91 Å². The standard InChI is InChI=1S/C19H23FN6O/c1-12-4-5-15(11-16(12)20)18-21-19(27-24-18)14(3)25-6-8-26(9-7-25)17-10-13(2)22-23-17/h4-5,10-11,14H,6-9H2,1-3H3,(H,22,23). The zero-order chi connectivity index (χ0) is 19.0. The van der Waals surface area contributed by atoms with Crippen molar-refractivity contribution in [2.45, 2.75) is 26.8 Å². The summed E-state index contributed by atoms with van der Waals surface area (Å²) in [5, 5.41) is 11.3. The molecule has 0 spiro atoms. The van der Waals surface area contributed by atoms with E-state index in [-0.39, 0.29) is 11.9 Å². The summed E-state index contributed by atoms with van der Waals surface area (Å²) in [6, 6.07) is 7.04. The van der Waals surface area contributed by atoms with Gasteiger partial charge < -0.3 is 9.42 Å². The normalized spacial score (nSPS) is 16.7. The van der Waals surface area contributed by atoms with E-state index >= 15 is 0 Å². The number of piperazine rings is 1. The maximum Gasteiger partial charge on any atom is 0.244 e. The average molecular weight is 370 g/mol. The highest BCUT2D eigenvalue weighted by Gasteiger charge is 2.26. The fraction of sp³-hybridized carbons (Fsp3) is 0.421. The number of H-pyrrole nitrogens is 1. The molecule has 1 aliphatic heterocycles. The van der Waals surface area contributed by atoms with Crippen LogP contribution in [-0.4, -0.2) is 51.4 Å². The number of hydrogen-bond donors (Lipinski definition) is 1. The molecule has 1 aromatic carbocycles. The van der Waals surface area contributed by atoms with E-state index in [0.717, 1.165) is 37.7 Å². The second-order valence-electron chi connectivity index (χ2n) is 7.03. The Labute approximate surface area is 157 Å². The van der Waals surface area contributed by atoms with Gasteiger partial charge in [-0.1, -0.05) is 17.3 Å². The number of benzene rings is 1. The first-order chi connectivity index (χ1) is 13.0. The molecule has 1 N–H and O–H groups in total. The molecular formula is C19H23FN6O. The van der Waals surface area contributed by atoms with Crippen molar-refractivity contribution in [1.29, 1.82) is 0 Å². The Bertz CT molecular complexity index is 928. The maximum absolute atomic E-state index is 13.8. The number of aromatic amines is 1. The Morgan fingerprint density at radius 2 is 1.93 bits per heavy atom. The third-order valence-corrected chi connectivity index (χ3v) is 5.11. The van der Waals surface area contributed by atoms with Crippen LogP contribution in [0.2, 0.25) is 0 Å². The van der Waals surface area contributed by atoms with Crippen molar-refractivity contribution in [1.82, 2.24) is 25.2 Å². The molecule has 1 atom stereocenters. The maximum atomic E-state index is 13.8. The monoisotopic (exact) mass is 370 g/mol. The Hall–Kier alpha value is -2.74. The van der Waals surface area contributed by atoms with Crippen LogP contribution in [0.25, 0.3) is 11.4 Å². The lowest BCUT2D eigenvalue weighted by Gasteiger charge is -2.36. The predicted octanol–water partition coefficient (Wildman–Crippen LogP) is 3.10. The first-order valence-corrected chi connectivity index (χ1v) is 9.12. The zero-order valence-corrected chi connectivity index (χ0v) is 15.7. The summed E-state index contributed by atoms with van der Waals surface area (Å²) in [6.07, 6.45) is 0. The number of hydrogen-bond acceptors (Lipinski definition) is 6. The van der Waals surface area contributed by atoms with E-state index in [1.807, 2.05) is 13.0 Å². The van der Waals surface area contributed by atoms with Crippen molar-refractivity contribution in [2.75, 3.05) is 31.1 Å². The summed E-state index contributed by atoms with van der Waals surface area (Å²) in [4.78, 5) is 9.06. The van der Waals surface area contributed by atoms with Crippen molar-refractivity contribution in [3.05, 3.63) is 47.2 Å². The van der Waals surface area contributed by atoms with Crippen molar-refractivity contribution in [3.63, 3.8) is 0 Å². The summed E-state index contributed by atoms with van der Waals surface area (Å²) < 4.78 is 19.3. The molecule has 1 saturated heterocycles. The zero-order valence-electron chi connectivity index (χ0n) is 15.7. The molecular weight excluding hydrogens is 347 g/mol. The van der Waals surface area contributed by atoms with E-state index in [2.05, 4.69) is 43.1 Å². The number of nitrogens with one attached hydrogen (secondary N) is 1. The topological polar surface area (TPSA) is 74.1 Å².